The Balaban J connectivity index is 1.90. The molecule has 1 aliphatic rings. The molecule has 0 saturated carbocycles. The van der Waals surface area contributed by atoms with Gasteiger partial charge in [0.25, 0.3) is 5.91 Å². The number of aliphatic hydroxyl groups is 1. The summed E-state index contributed by atoms with van der Waals surface area (Å²) in [4.78, 5) is 11.8. The van der Waals surface area contributed by atoms with Gasteiger partial charge in [-0.2, -0.15) is 4.31 Å². The summed E-state index contributed by atoms with van der Waals surface area (Å²) in [6, 6.07) is 5.07. The SMILES string of the molecule is CC1CC(O)CCCN1S(=O)(=O)c1cc(C(=O)Nc2ccc(F)c(F)c2)ccc1F. The zero-order chi connectivity index (χ0) is 22.1. The Morgan fingerprint density at radius 2 is 1.80 bits per heavy atom. The van der Waals surface area contributed by atoms with Gasteiger partial charge in [0.2, 0.25) is 10.0 Å². The van der Waals surface area contributed by atoms with Gasteiger partial charge in [-0.25, -0.2) is 21.6 Å². The predicted molar refractivity (Wildman–Crippen MR) is 104 cm³/mol. The normalized spacial score (nSPS) is 20.6. The second-order valence-corrected chi connectivity index (χ2v) is 9.08. The standard InChI is InChI=1S/C20H21F3N2O4S/c1-12-9-15(26)3-2-8-25(12)30(28,29)19-10-13(4-6-17(19)22)20(27)24-14-5-7-16(21)18(23)11-14/h4-7,10-12,15,26H,2-3,8-9H2,1H3,(H,24,27). The van der Waals surface area contributed by atoms with Crippen LogP contribution in [-0.4, -0.2) is 42.4 Å². The van der Waals surface area contributed by atoms with Crippen LogP contribution < -0.4 is 5.32 Å². The van der Waals surface area contributed by atoms with Gasteiger partial charge in [0, 0.05) is 29.9 Å². The number of rotatable bonds is 4. The molecule has 1 saturated heterocycles. The molecule has 30 heavy (non-hydrogen) atoms. The second-order valence-electron chi connectivity index (χ2n) is 7.22. The first kappa shape index (κ1) is 22.3. The largest absolute Gasteiger partial charge is 0.393 e. The lowest BCUT2D eigenvalue weighted by Crippen LogP contribution is -2.39. The molecule has 3 rings (SSSR count). The molecule has 162 valence electrons. The van der Waals surface area contributed by atoms with Crippen LogP contribution in [-0.2, 0) is 10.0 Å². The number of hydrogen-bond acceptors (Lipinski definition) is 4. The zero-order valence-electron chi connectivity index (χ0n) is 16.1. The lowest BCUT2D eigenvalue weighted by Gasteiger charge is -2.27. The van der Waals surface area contributed by atoms with Crippen LogP contribution in [0, 0.1) is 17.5 Å². The van der Waals surface area contributed by atoms with Crippen molar-refractivity contribution in [3.63, 3.8) is 0 Å². The van der Waals surface area contributed by atoms with E-state index < -0.39 is 50.4 Å². The van der Waals surface area contributed by atoms with Crippen LogP contribution in [0.15, 0.2) is 41.3 Å². The molecule has 0 spiro atoms. The van der Waals surface area contributed by atoms with Gasteiger partial charge in [0.15, 0.2) is 11.6 Å². The van der Waals surface area contributed by atoms with Crippen molar-refractivity contribution in [1.82, 2.24) is 4.31 Å². The van der Waals surface area contributed by atoms with Crippen molar-refractivity contribution in [2.75, 3.05) is 11.9 Å². The van der Waals surface area contributed by atoms with Crippen molar-refractivity contribution in [1.29, 1.82) is 0 Å². The lowest BCUT2D eigenvalue weighted by molar-refractivity contribution is 0.102. The van der Waals surface area contributed by atoms with Crippen LogP contribution in [0.3, 0.4) is 0 Å². The molecule has 0 aromatic heterocycles. The van der Waals surface area contributed by atoms with E-state index in [1.807, 2.05) is 0 Å². The van der Waals surface area contributed by atoms with E-state index in [9.17, 15) is 31.5 Å². The number of sulfonamides is 1. The van der Waals surface area contributed by atoms with Crippen LogP contribution in [0.5, 0.6) is 0 Å². The molecule has 0 bridgehead atoms. The van der Waals surface area contributed by atoms with E-state index in [2.05, 4.69) is 5.32 Å². The van der Waals surface area contributed by atoms with Crippen molar-refractivity contribution >= 4 is 21.6 Å². The summed E-state index contributed by atoms with van der Waals surface area (Å²) in [6.07, 6.45) is 0.438. The Morgan fingerprint density at radius 3 is 2.50 bits per heavy atom. The number of amides is 1. The van der Waals surface area contributed by atoms with Crippen molar-refractivity contribution in [2.45, 2.75) is 43.2 Å². The molecule has 0 radical (unpaired) electrons. The average Bonchev–Trinajstić information content (AvgIpc) is 2.85. The summed E-state index contributed by atoms with van der Waals surface area (Å²) in [5, 5.41) is 12.2. The van der Waals surface area contributed by atoms with Crippen LogP contribution in [0.4, 0.5) is 18.9 Å². The summed E-state index contributed by atoms with van der Waals surface area (Å²) in [5.41, 5.74) is -0.204. The Labute approximate surface area is 172 Å². The number of halogens is 3. The Bertz CT molecular complexity index is 1060. The third kappa shape index (κ3) is 4.66. The molecular formula is C20H21F3N2O4S. The van der Waals surface area contributed by atoms with Gasteiger partial charge in [-0.3, -0.25) is 4.79 Å². The fraction of sp³-hybridized carbons (Fsp3) is 0.350. The van der Waals surface area contributed by atoms with Gasteiger partial charge in [-0.1, -0.05) is 0 Å². The van der Waals surface area contributed by atoms with Crippen LogP contribution >= 0.6 is 0 Å². The minimum absolute atomic E-state index is 0.0391. The monoisotopic (exact) mass is 442 g/mol. The topological polar surface area (TPSA) is 86.7 Å². The number of carbonyl (C=O) groups is 1. The molecule has 1 aliphatic heterocycles. The fourth-order valence-corrected chi connectivity index (χ4v) is 5.21. The maximum absolute atomic E-state index is 14.4. The van der Waals surface area contributed by atoms with Gasteiger partial charge >= 0.3 is 0 Å². The third-order valence-electron chi connectivity index (χ3n) is 4.98. The molecule has 1 heterocycles. The number of anilines is 1. The minimum atomic E-state index is -4.27. The van der Waals surface area contributed by atoms with Crippen molar-refractivity contribution < 1.29 is 31.5 Å². The summed E-state index contributed by atoms with van der Waals surface area (Å²) in [5.74, 6) is -4.07. The third-order valence-corrected chi connectivity index (χ3v) is 7.01. The highest BCUT2D eigenvalue weighted by Gasteiger charge is 2.34. The molecule has 2 aromatic rings. The molecule has 0 aliphatic carbocycles. The van der Waals surface area contributed by atoms with E-state index in [1.54, 1.807) is 6.92 Å². The van der Waals surface area contributed by atoms with Crippen LogP contribution in [0.25, 0.3) is 0 Å². The van der Waals surface area contributed by atoms with Gasteiger partial charge in [-0.05, 0) is 56.5 Å². The van der Waals surface area contributed by atoms with Gasteiger partial charge in [-0.15, -0.1) is 0 Å². The molecule has 1 amide bonds. The highest BCUT2D eigenvalue weighted by Crippen LogP contribution is 2.27. The van der Waals surface area contributed by atoms with Crippen LogP contribution in [0.1, 0.15) is 36.5 Å². The number of aliphatic hydroxyl groups excluding tert-OH is 1. The molecule has 2 atom stereocenters. The number of benzene rings is 2. The first-order valence-corrected chi connectivity index (χ1v) is 10.8. The molecule has 1 fully saturated rings. The summed E-state index contributed by atoms with van der Waals surface area (Å²) in [7, 11) is -4.27. The smallest absolute Gasteiger partial charge is 0.255 e. The Morgan fingerprint density at radius 1 is 1.10 bits per heavy atom. The van der Waals surface area contributed by atoms with E-state index in [4.69, 9.17) is 0 Å². The van der Waals surface area contributed by atoms with Crippen molar-refractivity contribution in [2.24, 2.45) is 0 Å². The molecular weight excluding hydrogens is 421 g/mol. The van der Waals surface area contributed by atoms with E-state index in [1.165, 1.54) is 0 Å². The predicted octanol–water partition coefficient (Wildman–Crippen LogP) is 3.28. The first-order chi connectivity index (χ1) is 14.1. The molecule has 2 aromatic carbocycles. The quantitative estimate of drug-likeness (QED) is 0.761. The maximum atomic E-state index is 14.4. The number of hydrogen-bond donors (Lipinski definition) is 2. The summed E-state index contributed by atoms with van der Waals surface area (Å²) < 4.78 is 68.1. The average molecular weight is 442 g/mol. The summed E-state index contributed by atoms with van der Waals surface area (Å²) >= 11 is 0. The highest BCUT2D eigenvalue weighted by molar-refractivity contribution is 7.89. The lowest BCUT2D eigenvalue weighted by atomic mass is 10.1. The van der Waals surface area contributed by atoms with Gasteiger partial charge < -0.3 is 10.4 Å². The van der Waals surface area contributed by atoms with Gasteiger partial charge in [0.05, 0.1) is 6.10 Å². The number of nitrogens with zero attached hydrogens (tertiary/aromatic N) is 1. The van der Waals surface area contributed by atoms with Crippen molar-refractivity contribution in [3.05, 3.63) is 59.4 Å². The summed E-state index contributed by atoms with van der Waals surface area (Å²) in [6.45, 7) is 1.74. The second kappa shape index (κ2) is 8.75. The van der Waals surface area contributed by atoms with Gasteiger partial charge in [0.1, 0.15) is 10.7 Å². The van der Waals surface area contributed by atoms with E-state index in [0.717, 1.165) is 40.7 Å². The minimum Gasteiger partial charge on any atom is -0.393 e. The van der Waals surface area contributed by atoms with Crippen LogP contribution in [0.2, 0.25) is 0 Å². The molecule has 6 nitrogen and oxygen atoms in total. The number of carbonyl (C=O) groups excluding carboxylic acids is 1. The van der Waals surface area contributed by atoms with Crippen molar-refractivity contribution in [3.8, 4) is 0 Å². The highest BCUT2D eigenvalue weighted by atomic mass is 32.2. The fourth-order valence-electron chi connectivity index (χ4n) is 3.44. The molecule has 2 unspecified atom stereocenters. The Kier molecular flexibility index (Phi) is 6.49. The van der Waals surface area contributed by atoms with E-state index >= 15 is 0 Å². The maximum Gasteiger partial charge on any atom is 0.255 e. The molecule has 10 heteroatoms. The zero-order valence-corrected chi connectivity index (χ0v) is 16.9. The first-order valence-electron chi connectivity index (χ1n) is 9.35. The Hall–Kier alpha value is -2.43. The molecule has 2 N–H and O–H groups in total. The van der Waals surface area contributed by atoms with E-state index in [-0.39, 0.29) is 24.2 Å². The van der Waals surface area contributed by atoms with E-state index in [0.29, 0.717) is 12.8 Å². The number of nitrogens with one attached hydrogen (secondary N) is 1.